The molecule has 0 aliphatic carbocycles. The number of aliphatic carboxylic acids is 1. The number of ketones is 4. The van der Waals surface area contributed by atoms with Gasteiger partial charge in [-0.25, -0.2) is 30.4 Å². The topological polar surface area (TPSA) is 629 Å². The number of hydrogen-bond acceptors (Lipinski definition) is 26. The Bertz CT molecular complexity index is 3210. The predicted octanol–water partition coefficient (Wildman–Crippen LogP) is 10.2. The molecule has 132 heavy (non-hydrogen) atoms. The number of aliphatic hydroxyl groups is 2. The van der Waals surface area contributed by atoms with E-state index in [1.165, 1.54) is 13.8 Å². The standard InChI is InChI=1S/2C37H60N6O10.2C3H8N2O.C2HF3O2.2Fe.3HI.2Pt/c2*1-30(44)41(51)27-9-3-2-6-12-32(45)16-19-36(49)42(52)28-10-5-8-24-40-35(48)18-20-37(50)43(53)29-11-4-7-23-39-34(47)17-15-33(46)14-13-31-21-25-38-26-22-31;2*4-1-3(6)2-5;3-2(4,5)1(6)7;;;;;;;/h2*21-22,25-26,51-53H,2-20,23-24,27-29H2,1H3,(H,39,47)(H,40,48);2*3-6H,1-2H2;(H,6,7);;;3*1H;;/q;;2*-2;;;;;;;+1;+4/p-4. The number of Topliss-reactive ketones (excluding diaryl/α,β-unsaturated/α-hetero) is 4. The molecule has 0 spiro atoms. The summed E-state index contributed by atoms with van der Waals surface area (Å²) in [5.41, 5.74) is 27.8. The van der Waals surface area contributed by atoms with Crippen LogP contribution in [0.4, 0.5) is 13.2 Å². The second-order valence-corrected chi connectivity index (χ2v) is 45.7. The largest absolute Gasteiger partial charge is 0.675 e. The van der Waals surface area contributed by atoms with E-state index in [0.717, 1.165) is 36.8 Å². The summed E-state index contributed by atoms with van der Waals surface area (Å²) < 4.78 is 31.5. The van der Waals surface area contributed by atoms with Gasteiger partial charge >= 0.3 is 91.6 Å². The van der Waals surface area contributed by atoms with Gasteiger partial charge in [-0.2, -0.15) is 13.2 Å². The molecule has 2 rings (SSSR count). The van der Waals surface area contributed by atoms with Crippen LogP contribution in [-0.4, -0.2) is 280 Å². The number of pyridine rings is 2. The first-order chi connectivity index (χ1) is 61.7. The average Bonchev–Trinajstić information content (AvgIpc) is 0.894. The maximum atomic E-state index is 12.2. The van der Waals surface area contributed by atoms with Crippen LogP contribution in [0.3, 0.4) is 0 Å². The van der Waals surface area contributed by atoms with Crippen molar-refractivity contribution >= 4 is 146 Å². The predicted molar refractivity (Wildman–Crippen MR) is 488 cm³/mol. The maximum absolute atomic E-state index is 12.2. The average molecular weight is 2670 g/mol. The molecule has 0 atom stereocenters. The van der Waals surface area contributed by atoms with Crippen molar-refractivity contribution in [1.29, 1.82) is 0 Å². The second kappa shape index (κ2) is 96.3. The van der Waals surface area contributed by atoms with Gasteiger partial charge < -0.3 is 64.3 Å². The maximum Gasteiger partial charge on any atom is 0.0162 e. The molecular formula is C82H136F3Fe2I3N16O24Pt2-3. The molecule has 2 aromatic heterocycles. The van der Waals surface area contributed by atoms with Gasteiger partial charge in [-0.15, -0.1) is 26.2 Å². The van der Waals surface area contributed by atoms with Gasteiger partial charge in [-0.1, -0.05) is 25.7 Å². The molecule has 50 heteroatoms. The van der Waals surface area contributed by atoms with Crippen LogP contribution in [0, 0.1) is 0 Å². The Labute approximate surface area is 844 Å². The number of aliphatic hydroxyl groups excluding tert-OH is 2. The fourth-order valence-electron chi connectivity index (χ4n) is 10.5. The minimum Gasteiger partial charge on any atom is -0.675 e. The number of aromatic nitrogens is 2. The summed E-state index contributed by atoms with van der Waals surface area (Å²) >= 11 is 9.53. The van der Waals surface area contributed by atoms with Crippen molar-refractivity contribution in [2.75, 3.05) is 91.6 Å². The van der Waals surface area contributed by atoms with Gasteiger partial charge in [-0.3, -0.25) is 108 Å². The number of carbonyl (C=O) groups excluding carboxylic acids is 15. The van der Waals surface area contributed by atoms with Gasteiger partial charge in [0, 0.05) is 253 Å². The summed E-state index contributed by atoms with van der Waals surface area (Å²) in [6.45, 7) is 4.87. The van der Waals surface area contributed by atoms with E-state index in [0.29, 0.717) is 209 Å². The summed E-state index contributed by atoms with van der Waals surface area (Å²) in [6.07, 6.45) is 15.7. The third-order valence-corrected chi connectivity index (χ3v) is 18.2. The fraction of sp³-hybridized carbons (Fsp3) is 0.695. The number of hydrogen-bond donors (Lipinski definition) is 12. The molecule has 0 saturated heterocycles. The molecule has 0 aromatic carbocycles. The Balaban J connectivity index is -0.000000373. The number of carboxylic acid groups (broad SMARTS) is 1. The van der Waals surface area contributed by atoms with E-state index in [1.54, 1.807) is 24.8 Å². The monoisotopic (exact) mass is 2670 g/mol. The van der Waals surface area contributed by atoms with Crippen molar-refractivity contribution < 1.29 is 193 Å². The third kappa shape index (κ3) is 94.1. The number of halogens is 6. The molecule has 16 N–H and O–H groups in total. The van der Waals surface area contributed by atoms with Gasteiger partial charge in [0.25, 0.3) is 0 Å². The van der Waals surface area contributed by atoms with E-state index in [1.807, 2.05) is 24.3 Å². The van der Waals surface area contributed by atoms with Gasteiger partial charge in [0.1, 0.15) is 29.1 Å². The molecule has 10 amide bonds. The van der Waals surface area contributed by atoms with Crippen LogP contribution in [0.25, 0.3) is 22.9 Å². The van der Waals surface area contributed by atoms with E-state index >= 15 is 0 Å². The molecule has 0 aliphatic rings. The van der Waals surface area contributed by atoms with Crippen LogP contribution >= 0.6 is 58.1 Å². The zero-order valence-electron chi connectivity index (χ0n) is 74.8. The molecule has 40 nitrogen and oxygen atoms in total. The summed E-state index contributed by atoms with van der Waals surface area (Å²) in [7, 11) is 0. The van der Waals surface area contributed by atoms with Crippen molar-refractivity contribution in [2.24, 2.45) is 0 Å². The fourth-order valence-corrected chi connectivity index (χ4v) is 10.5. The Kier molecular flexibility index (Phi) is 102. The third-order valence-electron chi connectivity index (χ3n) is 18.2. The van der Waals surface area contributed by atoms with Crippen LogP contribution in [0.1, 0.15) is 256 Å². The number of aryl methyl sites for hydroxylation is 2. The van der Waals surface area contributed by atoms with Crippen molar-refractivity contribution in [1.82, 2.24) is 61.6 Å². The zero-order chi connectivity index (χ0) is 99.3. The van der Waals surface area contributed by atoms with Gasteiger partial charge in [0.15, 0.2) is 0 Å². The molecule has 769 valence electrons. The molecule has 0 saturated carbocycles. The number of alkyl halides is 3. The van der Waals surface area contributed by atoms with Crippen LogP contribution in [-0.2, 0) is 146 Å². The molecule has 0 bridgehead atoms. The quantitative estimate of drug-likeness (QED) is 0.00962. The van der Waals surface area contributed by atoms with Gasteiger partial charge in [0.2, 0.25) is 59.1 Å². The van der Waals surface area contributed by atoms with Crippen LogP contribution in [0.5, 0.6) is 0 Å². The Morgan fingerprint density at radius 2 is 0.561 bits per heavy atom. The molecule has 0 radical (unpaired) electrons. The van der Waals surface area contributed by atoms with E-state index in [2.05, 4.69) is 105 Å². The first-order valence-corrected chi connectivity index (χ1v) is 62.1. The van der Waals surface area contributed by atoms with Crippen molar-refractivity contribution in [3.8, 4) is 0 Å². The first-order valence-electron chi connectivity index (χ1n) is 42.7. The molecular weight excluding hydrogens is 2530 g/mol. The van der Waals surface area contributed by atoms with Crippen LogP contribution in [0.15, 0.2) is 49.1 Å². The SMILES string of the molecule is CC(=O)N(O)CCCCCCC(=O)CCC(=O)N(O)CCCCCNC(=O)CCC(=O)N(O)CCCCCNC(=O)CCC(=O)CCc1ccncc1.CC(=O)N(O)CCCCCCC(=O)CCC(=O)N(O)CCCCCNC(=O)CCC(=O)N(O)CCCCCNC(=O)CCC(=O)CCc1ccncc1.O=C([O-])C(F)(F)F.[Fe].[Fe].[I][Pt+2][I].[I][Pt].[NH-]CC(O)C[NH-].[NH-]CC(O)C[NH-]. The number of amides is 10. The molecule has 0 aliphatic heterocycles. The van der Waals surface area contributed by atoms with E-state index in [4.69, 9.17) is 43.0 Å². The second-order valence-electron chi connectivity index (χ2n) is 29.1. The first kappa shape index (κ1) is 140. The number of unbranched alkanes of at least 4 members (excludes halogenated alkanes) is 14. The number of carbonyl (C=O) groups is 15. The minimum atomic E-state index is -5.19. The summed E-state index contributed by atoms with van der Waals surface area (Å²) in [6, 6.07) is 7.43. The van der Waals surface area contributed by atoms with Crippen molar-refractivity contribution in [2.45, 2.75) is 276 Å². The van der Waals surface area contributed by atoms with E-state index < -0.39 is 59.8 Å². The number of rotatable bonds is 66. The van der Waals surface area contributed by atoms with Crippen molar-refractivity contribution in [3.05, 3.63) is 83.1 Å². The zero-order valence-corrected chi connectivity index (χ0v) is 88.1. The number of nitrogens with one attached hydrogen (secondary N) is 8. The summed E-state index contributed by atoms with van der Waals surface area (Å²) in [5, 5.41) is 98.6. The molecule has 2 aromatic rings. The number of nitrogens with zero attached hydrogens (tertiary/aromatic N) is 8. The number of hydroxylamine groups is 12. The molecule has 0 unspecified atom stereocenters. The summed E-state index contributed by atoms with van der Waals surface area (Å²) in [5.74, 6) is -7.10. The van der Waals surface area contributed by atoms with Crippen molar-refractivity contribution in [3.63, 3.8) is 0 Å². The van der Waals surface area contributed by atoms with E-state index in [-0.39, 0.29) is 223 Å². The van der Waals surface area contributed by atoms with Gasteiger partial charge in [0.05, 0.1) is 0 Å². The summed E-state index contributed by atoms with van der Waals surface area (Å²) in [4.78, 5) is 183. The van der Waals surface area contributed by atoms with Gasteiger partial charge in [-0.05, 0) is 151 Å². The Morgan fingerprint density at radius 1 is 0.364 bits per heavy atom. The molecule has 2 heterocycles. The smallest absolute Gasteiger partial charge is 0.0162 e. The van der Waals surface area contributed by atoms with Crippen LogP contribution < -0.4 is 26.4 Å². The Hall–Kier alpha value is -4.93. The normalized spacial score (nSPS) is 10.3. The molecule has 0 fully saturated rings. The Morgan fingerprint density at radius 3 is 0.780 bits per heavy atom. The number of carboxylic acids is 1. The van der Waals surface area contributed by atoms with E-state index in [9.17, 15) is 112 Å². The van der Waals surface area contributed by atoms with Crippen LogP contribution in [0.2, 0.25) is 0 Å². The minimum absolute atomic E-state index is 0.